The highest BCUT2D eigenvalue weighted by Crippen LogP contribution is 2.36. The second kappa shape index (κ2) is 10.4. The van der Waals surface area contributed by atoms with Gasteiger partial charge in [-0.25, -0.2) is 9.67 Å². The van der Waals surface area contributed by atoms with Crippen LogP contribution in [-0.4, -0.2) is 28.2 Å². The molecule has 184 valence electrons. The summed E-state index contributed by atoms with van der Waals surface area (Å²) in [4.78, 5) is 19.2. The fraction of sp³-hybridized carbons (Fsp3) is 0.333. The standard InChI is InChI=1S/C27H32N4O3S/c1-7-19(8-2)30-23(22-16-21(33-5)14-15-24(22)34-6)17-35-27(30)28-25-18(3)29(4)31(26(25)32)20-12-10-9-11-13-20/h9-17,19H,7-8H2,1-6H3. The number of nitrogens with zero attached hydrogens (tertiary/aromatic N) is 4. The van der Waals surface area contributed by atoms with E-state index in [0.717, 1.165) is 51.8 Å². The molecule has 0 aliphatic rings. The molecule has 0 atom stereocenters. The van der Waals surface area contributed by atoms with Gasteiger partial charge < -0.3 is 14.0 Å². The van der Waals surface area contributed by atoms with Gasteiger partial charge in [-0.2, -0.15) is 0 Å². The van der Waals surface area contributed by atoms with Crippen LogP contribution in [0.15, 0.2) is 63.7 Å². The van der Waals surface area contributed by atoms with Gasteiger partial charge in [0, 0.05) is 24.0 Å². The van der Waals surface area contributed by atoms with Gasteiger partial charge in [0.1, 0.15) is 11.5 Å². The Kier molecular flexibility index (Phi) is 7.31. The number of hydrogen-bond donors (Lipinski definition) is 0. The predicted octanol–water partition coefficient (Wildman–Crippen LogP) is 5.63. The number of hydrogen-bond acceptors (Lipinski definition) is 5. The molecular formula is C27H32N4O3S. The van der Waals surface area contributed by atoms with Crippen molar-refractivity contribution >= 4 is 17.0 Å². The molecule has 2 aromatic heterocycles. The van der Waals surface area contributed by atoms with Crippen LogP contribution in [0.4, 0.5) is 5.69 Å². The Balaban J connectivity index is 1.98. The quantitative estimate of drug-likeness (QED) is 0.320. The Bertz CT molecular complexity index is 1440. The Morgan fingerprint density at radius 1 is 1.03 bits per heavy atom. The van der Waals surface area contributed by atoms with Crippen LogP contribution in [-0.2, 0) is 7.05 Å². The van der Waals surface area contributed by atoms with Gasteiger partial charge in [-0.15, -0.1) is 11.3 Å². The number of rotatable bonds is 8. The minimum atomic E-state index is -0.138. The Labute approximate surface area is 209 Å². The third-order valence-corrected chi connectivity index (χ3v) is 7.30. The number of para-hydroxylation sites is 1. The summed E-state index contributed by atoms with van der Waals surface area (Å²) < 4.78 is 16.9. The van der Waals surface area contributed by atoms with E-state index >= 15 is 0 Å². The first-order valence-electron chi connectivity index (χ1n) is 11.8. The molecule has 0 aliphatic heterocycles. The van der Waals surface area contributed by atoms with Gasteiger partial charge in [0.15, 0.2) is 10.5 Å². The Morgan fingerprint density at radius 3 is 2.37 bits per heavy atom. The van der Waals surface area contributed by atoms with E-state index in [9.17, 15) is 4.79 Å². The van der Waals surface area contributed by atoms with Crippen molar-refractivity contribution in [3.05, 3.63) is 74.8 Å². The summed E-state index contributed by atoms with van der Waals surface area (Å²) in [6.45, 7) is 6.28. The third kappa shape index (κ3) is 4.46. The first-order valence-corrected chi connectivity index (χ1v) is 12.6. The van der Waals surface area contributed by atoms with E-state index in [0.29, 0.717) is 5.69 Å². The van der Waals surface area contributed by atoms with E-state index in [1.54, 1.807) is 18.9 Å². The van der Waals surface area contributed by atoms with E-state index in [-0.39, 0.29) is 11.6 Å². The van der Waals surface area contributed by atoms with Crippen molar-refractivity contribution in [3.63, 3.8) is 0 Å². The van der Waals surface area contributed by atoms with Crippen molar-refractivity contribution in [1.82, 2.24) is 13.9 Å². The average Bonchev–Trinajstić information content (AvgIpc) is 3.39. The molecule has 35 heavy (non-hydrogen) atoms. The van der Waals surface area contributed by atoms with Crippen molar-refractivity contribution in [2.45, 2.75) is 39.7 Å². The maximum Gasteiger partial charge on any atom is 0.297 e. The molecule has 0 saturated carbocycles. The first-order chi connectivity index (χ1) is 16.9. The third-order valence-electron chi connectivity index (χ3n) is 6.46. The lowest BCUT2D eigenvalue weighted by atomic mass is 10.1. The van der Waals surface area contributed by atoms with Gasteiger partial charge in [-0.05, 0) is 50.1 Å². The van der Waals surface area contributed by atoms with E-state index in [4.69, 9.17) is 14.5 Å². The predicted molar refractivity (Wildman–Crippen MR) is 141 cm³/mol. The number of ether oxygens (including phenoxy) is 2. The smallest absolute Gasteiger partial charge is 0.297 e. The van der Waals surface area contributed by atoms with Gasteiger partial charge >= 0.3 is 0 Å². The van der Waals surface area contributed by atoms with Gasteiger partial charge in [0.25, 0.3) is 5.56 Å². The molecule has 0 radical (unpaired) electrons. The molecule has 7 nitrogen and oxygen atoms in total. The number of thiazole rings is 1. The summed E-state index contributed by atoms with van der Waals surface area (Å²) in [5.41, 5.74) is 3.86. The fourth-order valence-corrected chi connectivity index (χ4v) is 5.36. The minimum absolute atomic E-state index is 0.138. The SMILES string of the molecule is CCC(CC)n1c(-c2cc(OC)ccc2OC)csc1=Nc1c(C)n(C)n(-c2ccccc2)c1=O. The first kappa shape index (κ1) is 24.6. The van der Waals surface area contributed by atoms with Crippen molar-refractivity contribution in [3.8, 4) is 28.4 Å². The molecule has 8 heteroatoms. The molecule has 2 aromatic carbocycles. The van der Waals surface area contributed by atoms with Gasteiger partial charge in [0.05, 0.1) is 31.3 Å². The van der Waals surface area contributed by atoms with Crippen molar-refractivity contribution in [2.75, 3.05) is 14.2 Å². The zero-order valence-corrected chi connectivity index (χ0v) is 21.9. The van der Waals surface area contributed by atoms with E-state index < -0.39 is 0 Å². The lowest BCUT2D eigenvalue weighted by molar-refractivity contribution is 0.403. The lowest BCUT2D eigenvalue weighted by Gasteiger charge is -2.20. The molecule has 0 bridgehead atoms. The van der Waals surface area contributed by atoms with Crippen LogP contribution in [0.25, 0.3) is 16.9 Å². The second-order valence-corrected chi connectivity index (χ2v) is 9.17. The van der Waals surface area contributed by atoms with E-state index in [2.05, 4.69) is 23.8 Å². The minimum Gasteiger partial charge on any atom is -0.497 e. The van der Waals surface area contributed by atoms with Gasteiger partial charge in [0.2, 0.25) is 0 Å². The summed E-state index contributed by atoms with van der Waals surface area (Å²) in [5.74, 6) is 1.52. The second-order valence-electron chi connectivity index (χ2n) is 8.33. The maximum absolute atomic E-state index is 13.5. The van der Waals surface area contributed by atoms with Gasteiger partial charge in [-0.1, -0.05) is 32.0 Å². The zero-order valence-electron chi connectivity index (χ0n) is 21.1. The number of aromatic nitrogens is 3. The Morgan fingerprint density at radius 2 is 1.74 bits per heavy atom. The molecule has 2 heterocycles. The maximum atomic E-state index is 13.5. The summed E-state index contributed by atoms with van der Waals surface area (Å²) in [6, 6.07) is 15.6. The van der Waals surface area contributed by atoms with Crippen LogP contribution in [0.3, 0.4) is 0 Å². The molecule has 4 aromatic rings. The highest BCUT2D eigenvalue weighted by Gasteiger charge is 2.21. The molecule has 0 spiro atoms. The van der Waals surface area contributed by atoms with Crippen molar-refractivity contribution in [1.29, 1.82) is 0 Å². The van der Waals surface area contributed by atoms with Crippen LogP contribution < -0.4 is 19.8 Å². The monoisotopic (exact) mass is 492 g/mol. The molecule has 0 aliphatic carbocycles. The van der Waals surface area contributed by atoms with Crippen LogP contribution in [0, 0.1) is 6.92 Å². The normalized spacial score (nSPS) is 11.9. The highest BCUT2D eigenvalue weighted by atomic mass is 32.1. The van der Waals surface area contributed by atoms with Crippen LogP contribution >= 0.6 is 11.3 Å². The average molecular weight is 493 g/mol. The molecular weight excluding hydrogens is 460 g/mol. The molecule has 0 unspecified atom stereocenters. The van der Waals surface area contributed by atoms with Crippen molar-refractivity contribution < 1.29 is 9.47 Å². The van der Waals surface area contributed by atoms with E-state index in [1.165, 1.54) is 11.3 Å². The summed E-state index contributed by atoms with van der Waals surface area (Å²) in [6.07, 6.45) is 1.86. The lowest BCUT2D eigenvalue weighted by Crippen LogP contribution is -2.22. The molecule has 4 rings (SSSR count). The number of benzene rings is 2. The fourth-order valence-electron chi connectivity index (χ4n) is 4.40. The molecule has 0 N–H and O–H groups in total. The summed E-state index contributed by atoms with van der Waals surface area (Å²) >= 11 is 1.53. The molecule has 0 saturated heterocycles. The van der Waals surface area contributed by atoms with E-state index in [1.807, 2.05) is 67.2 Å². The van der Waals surface area contributed by atoms with Gasteiger partial charge in [-0.3, -0.25) is 9.48 Å². The highest BCUT2D eigenvalue weighted by molar-refractivity contribution is 7.07. The molecule has 0 amide bonds. The van der Waals surface area contributed by atoms with Crippen LogP contribution in [0.1, 0.15) is 38.4 Å². The largest absolute Gasteiger partial charge is 0.497 e. The Hall–Kier alpha value is -3.52. The topological polar surface area (TPSA) is 62.7 Å². The van der Waals surface area contributed by atoms with Crippen molar-refractivity contribution in [2.24, 2.45) is 12.0 Å². The van der Waals surface area contributed by atoms with Crippen LogP contribution in [0.2, 0.25) is 0 Å². The molecule has 0 fully saturated rings. The number of methoxy groups -OCH3 is 2. The zero-order chi connectivity index (χ0) is 25.1. The van der Waals surface area contributed by atoms with Crippen LogP contribution in [0.5, 0.6) is 11.5 Å². The summed E-state index contributed by atoms with van der Waals surface area (Å²) in [5, 5.41) is 2.09. The summed E-state index contributed by atoms with van der Waals surface area (Å²) in [7, 11) is 5.22.